The highest BCUT2D eigenvalue weighted by Crippen LogP contribution is 2.17. The standard InChI is InChI=1S/C6H5Cl2NO/c7-3-1-4(8)6(10)5(9)2-3/h1-2,4H,9H2. The zero-order chi connectivity index (χ0) is 7.72. The van der Waals surface area contributed by atoms with Crippen LogP contribution >= 0.6 is 23.2 Å². The molecule has 0 aliphatic heterocycles. The molecule has 0 saturated heterocycles. The Balaban J connectivity index is 2.95. The molecular weight excluding hydrogens is 173 g/mol. The first-order valence-corrected chi connectivity index (χ1v) is 3.45. The van der Waals surface area contributed by atoms with Gasteiger partial charge in [-0.25, -0.2) is 0 Å². The van der Waals surface area contributed by atoms with Crippen LogP contribution in [-0.2, 0) is 4.79 Å². The van der Waals surface area contributed by atoms with E-state index in [1.54, 1.807) is 0 Å². The summed E-state index contributed by atoms with van der Waals surface area (Å²) in [5.41, 5.74) is 5.38. The summed E-state index contributed by atoms with van der Waals surface area (Å²) in [4.78, 5) is 10.8. The van der Waals surface area contributed by atoms with E-state index < -0.39 is 5.38 Å². The number of carbonyl (C=O) groups excluding carboxylic acids is 1. The molecule has 1 unspecified atom stereocenters. The highest BCUT2D eigenvalue weighted by Gasteiger charge is 2.19. The van der Waals surface area contributed by atoms with Gasteiger partial charge < -0.3 is 5.73 Å². The van der Waals surface area contributed by atoms with Crippen LogP contribution in [0.15, 0.2) is 22.9 Å². The van der Waals surface area contributed by atoms with Gasteiger partial charge in [0.15, 0.2) is 5.78 Å². The Morgan fingerprint density at radius 2 is 2.20 bits per heavy atom. The van der Waals surface area contributed by atoms with Crippen molar-refractivity contribution in [3.05, 3.63) is 22.9 Å². The maximum Gasteiger partial charge on any atom is 0.200 e. The highest BCUT2D eigenvalue weighted by molar-refractivity contribution is 6.39. The van der Waals surface area contributed by atoms with Crippen LogP contribution in [-0.4, -0.2) is 11.2 Å². The molecule has 1 aliphatic rings. The summed E-state index contributed by atoms with van der Waals surface area (Å²) in [5.74, 6) is -0.286. The van der Waals surface area contributed by atoms with Crippen LogP contribution in [0.25, 0.3) is 0 Å². The lowest BCUT2D eigenvalue weighted by atomic mass is 10.1. The third kappa shape index (κ3) is 1.33. The van der Waals surface area contributed by atoms with E-state index in [1.807, 2.05) is 0 Å². The number of allylic oxidation sites excluding steroid dienone is 4. The minimum atomic E-state index is -0.697. The van der Waals surface area contributed by atoms with Crippen molar-refractivity contribution in [3.8, 4) is 0 Å². The van der Waals surface area contributed by atoms with Crippen molar-refractivity contribution in [2.45, 2.75) is 5.38 Å². The fraction of sp³-hybridized carbons (Fsp3) is 0.167. The minimum Gasteiger partial charge on any atom is -0.396 e. The number of Topliss-reactive ketones (excluding diaryl/α,β-unsaturated/α-hetero) is 1. The number of hydrogen-bond donors (Lipinski definition) is 1. The van der Waals surface area contributed by atoms with Crippen molar-refractivity contribution in [1.82, 2.24) is 0 Å². The molecule has 0 spiro atoms. The molecule has 1 aliphatic carbocycles. The number of halogens is 2. The summed E-state index contributed by atoms with van der Waals surface area (Å²) in [5, 5.41) is -0.283. The second-order valence-corrected chi connectivity index (χ2v) is 2.82. The second kappa shape index (κ2) is 2.64. The highest BCUT2D eigenvalue weighted by atomic mass is 35.5. The van der Waals surface area contributed by atoms with Crippen molar-refractivity contribution in [2.24, 2.45) is 5.73 Å². The third-order valence-corrected chi connectivity index (χ3v) is 1.69. The average molecular weight is 178 g/mol. The molecule has 0 heterocycles. The van der Waals surface area contributed by atoms with Gasteiger partial charge in [0, 0.05) is 5.03 Å². The molecule has 54 valence electrons. The van der Waals surface area contributed by atoms with Crippen LogP contribution in [0.5, 0.6) is 0 Å². The van der Waals surface area contributed by atoms with Crippen molar-refractivity contribution in [3.63, 3.8) is 0 Å². The van der Waals surface area contributed by atoms with Crippen molar-refractivity contribution in [2.75, 3.05) is 0 Å². The molecule has 0 aromatic heterocycles. The van der Waals surface area contributed by atoms with E-state index in [0.29, 0.717) is 5.03 Å². The lowest BCUT2D eigenvalue weighted by Gasteiger charge is -2.08. The molecule has 0 bridgehead atoms. The lowest BCUT2D eigenvalue weighted by molar-refractivity contribution is -0.114. The molecule has 0 saturated carbocycles. The topological polar surface area (TPSA) is 43.1 Å². The van der Waals surface area contributed by atoms with E-state index in [0.717, 1.165) is 0 Å². The smallest absolute Gasteiger partial charge is 0.200 e. The van der Waals surface area contributed by atoms with Gasteiger partial charge in [-0.2, -0.15) is 0 Å². The van der Waals surface area contributed by atoms with E-state index >= 15 is 0 Å². The Morgan fingerprint density at radius 3 is 2.70 bits per heavy atom. The fourth-order valence-electron chi connectivity index (χ4n) is 0.642. The molecule has 0 amide bonds. The van der Waals surface area contributed by atoms with Crippen molar-refractivity contribution < 1.29 is 4.79 Å². The molecule has 0 radical (unpaired) electrons. The van der Waals surface area contributed by atoms with E-state index in [1.165, 1.54) is 12.2 Å². The Labute approximate surface area is 68.3 Å². The predicted octanol–water partition coefficient (Wildman–Crippen LogP) is 1.14. The molecule has 1 rings (SSSR count). The molecule has 2 N–H and O–H groups in total. The SMILES string of the molecule is NC1=CC(Cl)=CC(Cl)C1=O. The van der Waals surface area contributed by atoms with Gasteiger partial charge in [-0.1, -0.05) is 11.6 Å². The van der Waals surface area contributed by atoms with Gasteiger partial charge in [-0.3, -0.25) is 4.79 Å². The van der Waals surface area contributed by atoms with E-state index in [2.05, 4.69) is 0 Å². The van der Waals surface area contributed by atoms with Crippen LogP contribution in [0, 0.1) is 0 Å². The van der Waals surface area contributed by atoms with Gasteiger partial charge in [0.05, 0.1) is 5.70 Å². The zero-order valence-electron chi connectivity index (χ0n) is 4.97. The van der Waals surface area contributed by atoms with Crippen LogP contribution < -0.4 is 5.73 Å². The zero-order valence-corrected chi connectivity index (χ0v) is 6.49. The average Bonchev–Trinajstić information content (AvgIpc) is 1.82. The van der Waals surface area contributed by atoms with Gasteiger partial charge in [-0.05, 0) is 12.2 Å². The first-order valence-electron chi connectivity index (χ1n) is 2.64. The van der Waals surface area contributed by atoms with Crippen LogP contribution in [0.2, 0.25) is 0 Å². The van der Waals surface area contributed by atoms with Gasteiger partial charge in [0.1, 0.15) is 5.38 Å². The summed E-state index contributed by atoms with van der Waals surface area (Å²) >= 11 is 11.1. The number of rotatable bonds is 0. The summed E-state index contributed by atoms with van der Waals surface area (Å²) in [6.07, 6.45) is 2.84. The Kier molecular flexibility index (Phi) is 2.02. The molecule has 10 heavy (non-hydrogen) atoms. The second-order valence-electron chi connectivity index (χ2n) is 1.92. The molecule has 0 fully saturated rings. The number of carbonyl (C=O) groups is 1. The van der Waals surface area contributed by atoms with Gasteiger partial charge >= 0.3 is 0 Å². The fourth-order valence-corrected chi connectivity index (χ4v) is 1.21. The van der Waals surface area contributed by atoms with Crippen molar-refractivity contribution in [1.29, 1.82) is 0 Å². The van der Waals surface area contributed by atoms with E-state index in [9.17, 15) is 4.79 Å². The number of nitrogens with two attached hydrogens (primary N) is 1. The van der Waals surface area contributed by atoms with Crippen LogP contribution in [0.1, 0.15) is 0 Å². The summed E-state index contributed by atoms with van der Waals surface area (Å²) in [6.45, 7) is 0. The maximum absolute atomic E-state index is 10.8. The molecular formula is C6H5Cl2NO. The molecule has 1 atom stereocenters. The summed E-state index contributed by atoms with van der Waals surface area (Å²) in [6, 6.07) is 0. The summed E-state index contributed by atoms with van der Waals surface area (Å²) < 4.78 is 0. The van der Waals surface area contributed by atoms with Crippen molar-refractivity contribution >= 4 is 29.0 Å². The third-order valence-electron chi connectivity index (χ3n) is 1.13. The Hall–Kier alpha value is -0.470. The minimum absolute atomic E-state index is 0.118. The van der Waals surface area contributed by atoms with Crippen LogP contribution in [0.4, 0.5) is 0 Å². The van der Waals surface area contributed by atoms with Crippen LogP contribution in [0.3, 0.4) is 0 Å². The number of hydrogen-bond acceptors (Lipinski definition) is 2. The monoisotopic (exact) mass is 177 g/mol. The normalized spacial score (nSPS) is 25.8. The Morgan fingerprint density at radius 1 is 1.60 bits per heavy atom. The molecule has 2 nitrogen and oxygen atoms in total. The van der Waals surface area contributed by atoms with E-state index in [-0.39, 0.29) is 11.5 Å². The number of ketones is 1. The van der Waals surface area contributed by atoms with Gasteiger partial charge in [0.25, 0.3) is 0 Å². The molecule has 0 aromatic rings. The predicted molar refractivity (Wildman–Crippen MR) is 40.9 cm³/mol. The van der Waals surface area contributed by atoms with Gasteiger partial charge in [0.2, 0.25) is 0 Å². The Bertz CT molecular complexity index is 232. The maximum atomic E-state index is 10.8. The molecule has 0 aromatic carbocycles. The molecule has 4 heteroatoms. The first-order chi connectivity index (χ1) is 4.61. The van der Waals surface area contributed by atoms with Gasteiger partial charge in [-0.15, -0.1) is 11.6 Å². The first kappa shape index (κ1) is 7.63. The van der Waals surface area contributed by atoms with E-state index in [4.69, 9.17) is 28.9 Å². The lowest BCUT2D eigenvalue weighted by Crippen LogP contribution is -2.22. The summed E-state index contributed by atoms with van der Waals surface area (Å²) in [7, 11) is 0. The largest absolute Gasteiger partial charge is 0.396 e. The quantitative estimate of drug-likeness (QED) is 0.565. The number of alkyl halides is 1.